The summed E-state index contributed by atoms with van der Waals surface area (Å²) >= 11 is 29.5. The first-order valence-electron chi connectivity index (χ1n) is 6.41. The van der Waals surface area contributed by atoms with Gasteiger partial charge in [-0.2, -0.15) is 0 Å². The molecule has 0 spiro atoms. The molecule has 1 atom stereocenters. The molecule has 2 aromatic carbocycles. The van der Waals surface area contributed by atoms with Gasteiger partial charge in [-0.15, -0.1) is 0 Å². The van der Waals surface area contributed by atoms with Crippen LogP contribution in [0.2, 0.25) is 10.0 Å². The van der Waals surface area contributed by atoms with Crippen LogP contribution in [0.4, 0.5) is 5.69 Å². The van der Waals surface area contributed by atoms with Gasteiger partial charge in [0, 0.05) is 21.3 Å². The molecule has 0 saturated carbocycles. The summed E-state index contributed by atoms with van der Waals surface area (Å²) in [5, 5.41) is 6.58. The third-order valence-electron chi connectivity index (χ3n) is 2.84. The van der Waals surface area contributed by atoms with Crippen molar-refractivity contribution < 1.29 is 4.79 Å². The zero-order chi connectivity index (χ0) is 17.0. The monoisotopic (exact) mass is 410 g/mol. The zero-order valence-electron chi connectivity index (χ0n) is 11.5. The Morgan fingerprint density at radius 2 is 1.61 bits per heavy atom. The Bertz CT molecular complexity index is 685. The van der Waals surface area contributed by atoms with E-state index < -0.39 is 15.9 Å². The molecule has 0 heterocycles. The molecule has 23 heavy (non-hydrogen) atoms. The number of amides is 1. The fourth-order valence-corrected chi connectivity index (χ4v) is 2.40. The molecular weight excluding hydrogens is 401 g/mol. The van der Waals surface area contributed by atoms with E-state index in [0.29, 0.717) is 21.3 Å². The van der Waals surface area contributed by atoms with Crippen molar-refractivity contribution >= 4 is 69.6 Å². The first-order valence-corrected chi connectivity index (χ1v) is 8.30. The van der Waals surface area contributed by atoms with Crippen molar-refractivity contribution in [3.8, 4) is 0 Å². The lowest BCUT2D eigenvalue weighted by molar-refractivity contribution is 0.0942. The molecule has 2 aromatic rings. The van der Waals surface area contributed by atoms with Crippen LogP contribution >= 0.6 is 58.0 Å². The van der Waals surface area contributed by atoms with Crippen LogP contribution in [0.15, 0.2) is 48.5 Å². The maximum absolute atomic E-state index is 12.3. The number of anilines is 1. The van der Waals surface area contributed by atoms with E-state index in [0.717, 1.165) is 0 Å². The minimum atomic E-state index is -1.77. The van der Waals surface area contributed by atoms with E-state index in [2.05, 4.69) is 10.6 Å². The van der Waals surface area contributed by atoms with Gasteiger partial charge >= 0.3 is 0 Å². The summed E-state index contributed by atoms with van der Waals surface area (Å²) in [6, 6.07) is 13.2. The Balaban J connectivity index is 2.16. The zero-order valence-corrected chi connectivity index (χ0v) is 15.3. The number of carbonyl (C=O) groups is 1. The van der Waals surface area contributed by atoms with Gasteiger partial charge in [-0.25, -0.2) is 0 Å². The van der Waals surface area contributed by atoms with Crippen molar-refractivity contribution in [2.24, 2.45) is 0 Å². The van der Waals surface area contributed by atoms with Gasteiger partial charge in [0.1, 0.15) is 6.17 Å². The molecule has 0 fully saturated rings. The predicted octanol–water partition coefficient (Wildman–Crippen LogP) is 5.53. The Labute approximate surface area is 158 Å². The number of hydrogen-bond donors (Lipinski definition) is 2. The maximum atomic E-state index is 12.3. The summed E-state index contributed by atoms with van der Waals surface area (Å²) in [7, 11) is 0. The predicted molar refractivity (Wildman–Crippen MR) is 98.1 cm³/mol. The van der Waals surface area contributed by atoms with Crippen molar-refractivity contribution in [3.63, 3.8) is 0 Å². The number of alkyl halides is 3. The van der Waals surface area contributed by atoms with Gasteiger partial charge in [0.2, 0.25) is 3.79 Å². The molecule has 0 radical (unpaired) electrons. The van der Waals surface area contributed by atoms with Gasteiger partial charge in [0.05, 0.1) is 0 Å². The minimum Gasteiger partial charge on any atom is -0.362 e. The van der Waals surface area contributed by atoms with E-state index in [9.17, 15) is 4.79 Å². The van der Waals surface area contributed by atoms with Crippen LogP contribution in [0.5, 0.6) is 0 Å². The number of nitrogens with one attached hydrogen (secondary N) is 2. The fourth-order valence-electron chi connectivity index (χ4n) is 1.76. The average Bonchev–Trinajstić information content (AvgIpc) is 2.47. The molecule has 3 nitrogen and oxygen atoms in total. The van der Waals surface area contributed by atoms with Gasteiger partial charge < -0.3 is 10.6 Å². The lowest BCUT2D eigenvalue weighted by atomic mass is 10.2. The molecule has 2 N–H and O–H groups in total. The highest BCUT2D eigenvalue weighted by Crippen LogP contribution is 2.31. The summed E-state index contributed by atoms with van der Waals surface area (Å²) in [4.78, 5) is 12.3. The second-order valence-corrected chi connectivity index (χ2v) is 7.85. The molecule has 0 saturated heterocycles. The molecule has 0 aliphatic heterocycles. The Morgan fingerprint density at radius 3 is 2.17 bits per heavy atom. The first-order chi connectivity index (χ1) is 10.8. The van der Waals surface area contributed by atoms with Crippen LogP contribution in [0, 0.1) is 0 Å². The van der Waals surface area contributed by atoms with E-state index >= 15 is 0 Å². The third kappa shape index (κ3) is 5.63. The molecule has 2 rings (SSSR count). The first kappa shape index (κ1) is 18.5. The van der Waals surface area contributed by atoms with E-state index in [4.69, 9.17) is 58.0 Å². The smallest absolute Gasteiger partial charge is 0.253 e. The van der Waals surface area contributed by atoms with E-state index in [1.54, 1.807) is 42.5 Å². The van der Waals surface area contributed by atoms with E-state index in [-0.39, 0.29) is 0 Å². The standard InChI is InChI=1S/C15H11Cl5N2O/c16-10-4-6-12(7-5-10)21-14(15(18,19)20)22-13(23)9-2-1-3-11(17)8-9/h1-8,14,21H,(H,22,23)/t14-/m1/s1. The summed E-state index contributed by atoms with van der Waals surface area (Å²) in [6.07, 6.45) is -0.958. The van der Waals surface area contributed by atoms with Gasteiger partial charge in [-0.05, 0) is 42.5 Å². The van der Waals surface area contributed by atoms with Crippen molar-refractivity contribution in [1.82, 2.24) is 5.32 Å². The number of rotatable bonds is 4. The van der Waals surface area contributed by atoms with Gasteiger partial charge in [0.25, 0.3) is 5.91 Å². The van der Waals surface area contributed by atoms with E-state index in [1.165, 1.54) is 6.07 Å². The molecule has 0 aromatic heterocycles. The Kier molecular flexibility index (Phi) is 6.29. The van der Waals surface area contributed by atoms with Crippen LogP contribution in [-0.4, -0.2) is 15.9 Å². The largest absolute Gasteiger partial charge is 0.362 e. The quantitative estimate of drug-likeness (QED) is 0.512. The van der Waals surface area contributed by atoms with Crippen molar-refractivity contribution in [1.29, 1.82) is 0 Å². The second-order valence-electron chi connectivity index (χ2n) is 4.61. The van der Waals surface area contributed by atoms with Gasteiger partial charge in [0.15, 0.2) is 0 Å². The Hall–Kier alpha value is -0.840. The SMILES string of the molecule is O=C(N[C@@H](Nc1ccc(Cl)cc1)C(Cl)(Cl)Cl)c1cccc(Cl)c1. The number of benzene rings is 2. The molecule has 122 valence electrons. The third-order valence-corrected chi connectivity index (χ3v) is 3.99. The summed E-state index contributed by atoms with van der Waals surface area (Å²) in [6.45, 7) is 0. The molecule has 0 bridgehead atoms. The van der Waals surface area contributed by atoms with Gasteiger partial charge in [-0.3, -0.25) is 4.79 Å². The molecule has 0 aliphatic rings. The second kappa shape index (κ2) is 7.82. The highest BCUT2D eigenvalue weighted by atomic mass is 35.6. The minimum absolute atomic E-state index is 0.356. The van der Waals surface area contributed by atoms with Crippen LogP contribution in [0.25, 0.3) is 0 Å². The fraction of sp³-hybridized carbons (Fsp3) is 0.133. The lowest BCUT2D eigenvalue weighted by Gasteiger charge is -2.27. The van der Waals surface area contributed by atoms with Gasteiger partial charge in [-0.1, -0.05) is 64.1 Å². The normalized spacial score (nSPS) is 12.6. The molecule has 1 amide bonds. The van der Waals surface area contributed by atoms with Crippen molar-refractivity contribution in [2.45, 2.75) is 9.96 Å². The van der Waals surface area contributed by atoms with E-state index in [1.807, 2.05) is 0 Å². The average molecular weight is 413 g/mol. The molecular formula is C15H11Cl5N2O. The van der Waals surface area contributed by atoms with Crippen LogP contribution < -0.4 is 10.6 Å². The Morgan fingerprint density at radius 1 is 0.957 bits per heavy atom. The summed E-state index contributed by atoms with van der Waals surface area (Å²) in [5.74, 6) is -0.426. The highest BCUT2D eigenvalue weighted by Gasteiger charge is 2.34. The topological polar surface area (TPSA) is 41.1 Å². The van der Waals surface area contributed by atoms with Crippen molar-refractivity contribution in [3.05, 3.63) is 64.1 Å². The molecule has 8 heteroatoms. The van der Waals surface area contributed by atoms with Crippen molar-refractivity contribution in [2.75, 3.05) is 5.32 Å². The summed E-state index contributed by atoms with van der Waals surface area (Å²) in [5.41, 5.74) is 0.992. The highest BCUT2D eigenvalue weighted by molar-refractivity contribution is 6.68. The maximum Gasteiger partial charge on any atom is 0.253 e. The molecule has 0 aliphatic carbocycles. The van der Waals surface area contributed by atoms with Crippen LogP contribution in [-0.2, 0) is 0 Å². The number of carbonyl (C=O) groups excluding carboxylic acids is 1. The van der Waals surface area contributed by atoms with Crippen LogP contribution in [0.1, 0.15) is 10.4 Å². The van der Waals surface area contributed by atoms with Crippen LogP contribution in [0.3, 0.4) is 0 Å². The number of hydrogen-bond acceptors (Lipinski definition) is 2. The summed E-state index contributed by atoms with van der Waals surface area (Å²) < 4.78 is -1.77. The lowest BCUT2D eigenvalue weighted by Crippen LogP contribution is -2.49. The molecule has 0 unspecified atom stereocenters. The number of halogens is 5.